The lowest BCUT2D eigenvalue weighted by Crippen LogP contribution is -2.36. The molecule has 0 fully saturated rings. The molecular weight excluding hydrogens is 308 g/mol. The van der Waals surface area contributed by atoms with Gasteiger partial charge in [0.05, 0.1) is 5.02 Å². The Morgan fingerprint density at radius 1 is 1.19 bits per heavy atom. The van der Waals surface area contributed by atoms with Gasteiger partial charge in [0.1, 0.15) is 0 Å². The van der Waals surface area contributed by atoms with E-state index < -0.39 is 0 Å². The second kappa shape index (κ2) is 9.68. The molecule has 21 heavy (non-hydrogen) atoms. The van der Waals surface area contributed by atoms with E-state index in [1.54, 1.807) is 11.8 Å². The van der Waals surface area contributed by atoms with Crippen molar-refractivity contribution in [2.45, 2.75) is 25.2 Å². The summed E-state index contributed by atoms with van der Waals surface area (Å²) in [6, 6.07) is 7.57. The molecule has 116 valence electrons. The molecule has 1 aromatic carbocycles. The zero-order valence-electron chi connectivity index (χ0n) is 12.3. The number of nitrogens with one attached hydrogen (secondary N) is 2. The van der Waals surface area contributed by atoms with E-state index in [-0.39, 0.29) is 17.7 Å². The molecule has 2 amide bonds. The van der Waals surface area contributed by atoms with E-state index >= 15 is 0 Å². The lowest BCUT2D eigenvalue weighted by Gasteiger charge is -2.09. The number of carbonyl (C=O) groups excluding carboxylic acids is 2. The monoisotopic (exact) mass is 328 g/mol. The fourth-order valence-electron chi connectivity index (χ4n) is 1.50. The number of benzene rings is 1. The van der Waals surface area contributed by atoms with Gasteiger partial charge in [-0.15, -0.1) is 11.8 Å². The van der Waals surface area contributed by atoms with Gasteiger partial charge in [-0.2, -0.15) is 0 Å². The molecular formula is C15H21ClN2O2S. The first-order chi connectivity index (χ1) is 10.0. The van der Waals surface area contributed by atoms with Crippen molar-refractivity contribution in [3.8, 4) is 0 Å². The molecule has 0 unspecified atom stereocenters. The van der Waals surface area contributed by atoms with Crippen LogP contribution in [0.2, 0.25) is 5.02 Å². The Morgan fingerprint density at radius 3 is 2.52 bits per heavy atom. The van der Waals surface area contributed by atoms with Crippen LogP contribution in [0.25, 0.3) is 0 Å². The van der Waals surface area contributed by atoms with E-state index in [2.05, 4.69) is 10.6 Å². The Hall–Kier alpha value is -1.20. The predicted octanol–water partition coefficient (Wildman–Crippen LogP) is 2.71. The topological polar surface area (TPSA) is 58.2 Å². The normalized spacial score (nSPS) is 10.5. The molecule has 0 heterocycles. The SMILES string of the molecule is CC(C)C(=O)NCCNC(=O)CCSc1ccccc1Cl. The van der Waals surface area contributed by atoms with Crippen LogP contribution >= 0.6 is 23.4 Å². The first kappa shape index (κ1) is 17.9. The van der Waals surface area contributed by atoms with E-state index in [9.17, 15) is 9.59 Å². The van der Waals surface area contributed by atoms with Gasteiger partial charge in [0.15, 0.2) is 0 Å². The number of hydrogen-bond acceptors (Lipinski definition) is 3. The molecule has 0 saturated carbocycles. The Morgan fingerprint density at radius 2 is 1.86 bits per heavy atom. The van der Waals surface area contributed by atoms with Gasteiger partial charge in [-0.05, 0) is 12.1 Å². The van der Waals surface area contributed by atoms with Crippen LogP contribution in [0.4, 0.5) is 0 Å². The zero-order valence-corrected chi connectivity index (χ0v) is 13.9. The van der Waals surface area contributed by atoms with Crippen molar-refractivity contribution >= 4 is 35.2 Å². The van der Waals surface area contributed by atoms with Gasteiger partial charge >= 0.3 is 0 Å². The van der Waals surface area contributed by atoms with Gasteiger partial charge in [0, 0.05) is 36.1 Å². The highest BCUT2D eigenvalue weighted by Crippen LogP contribution is 2.26. The largest absolute Gasteiger partial charge is 0.354 e. The summed E-state index contributed by atoms with van der Waals surface area (Å²) in [6.45, 7) is 4.58. The minimum absolute atomic E-state index is 0.00137. The molecule has 1 rings (SSSR count). The Balaban J connectivity index is 2.12. The van der Waals surface area contributed by atoms with Crippen molar-refractivity contribution in [2.75, 3.05) is 18.8 Å². The third-order valence-electron chi connectivity index (χ3n) is 2.69. The van der Waals surface area contributed by atoms with Crippen molar-refractivity contribution in [1.82, 2.24) is 10.6 Å². The van der Waals surface area contributed by atoms with Crippen molar-refractivity contribution in [2.24, 2.45) is 5.92 Å². The van der Waals surface area contributed by atoms with E-state index in [4.69, 9.17) is 11.6 Å². The zero-order chi connectivity index (χ0) is 15.7. The second-order valence-corrected chi connectivity index (χ2v) is 6.37. The third-order valence-corrected chi connectivity index (χ3v) is 4.21. The van der Waals surface area contributed by atoms with Gasteiger partial charge in [-0.25, -0.2) is 0 Å². The predicted molar refractivity (Wildman–Crippen MR) is 87.7 cm³/mol. The average Bonchev–Trinajstić information content (AvgIpc) is 2.45. The summed E-state index contributed by atoms with van der Waals surface area (Å²) in [5, 5.41) is 6.24. The maximum atomic E-state index is 11.6. The molecule has 0 spiro atoms. The summed E-state index contributed by atoms with van der Waals surface area (Å²) in [4.78, 5) is 23.9. The third kappa shape index (κ3) is 7.39. The van der Waals surface area contributed by atoms with Crippen LogP contribution in [-0.4, -0.2) is 30.7 Å². The van der Waals surface area contributed by atoms with Gasteiger partial charge < -0.3 is 10.6 Å². The number of carbonyl (C=O) groups is 2. The molecule has 1 aromatic rings. The average molecular weight is 329 g/mol. The summed E-state index contributed by atoms with van der Waals surface area (Å²) < 4.78 is 0. The smallest absolute Gasteiger partial charge is 0.222 e. The molecule has 0 aliphatic heterocycles. The summed E-state index contributed by atoms with van der Waals surface area (Å²) in [5.74, 6) is 0.619. The van der Waals surface area contributed by atoms with Gasteiger partial charge in [-0.3, -0.25) is 9.59 Å². The van der Waals surface area contributed by atoms with Crippen LogP contribution in [0.5, 0.6) is 0 Å². The minimum atomic E-state index is -0.0345. The molecule has 0 aliphatic rings. The number of amides is 2. The lowest BCUT2D eigenvalue weighted by atomic mass is 10.2. The number of rotatable bonds is 8. The highest BCUT2D eigenvalue weighted by molar-refractivity contribution is 7.99. The molecule has 6 heteroatoms. The van der Waals surface area contributed by atoms with Gasteiger partial charge in [0.2, 0.25) is 11.8 Å². The maximum absolute atomic E-state index is 11.6. The number of thioether (sulfide) groups is 1. The summed E-state index contributed by atoms with van der Waals surface area (Å²) in [7, 11) is 0. The number of hydrogen-bond donors (Lipinski definition) is 2. The molecule has 0 aromatic heterocycles. The van der Waals surface area contributed by atoms with E-state index in [1.807, 2.05) is 38.1 Å². The van der Waals surface area contributed by atoms with Crippen molar-refractivity contribution < 1.29 is 9.59 Å². The highest BCUT2D eigenvalue weighted by Gasteiger charge is 2.06. The van der Waals surface area contributed by atoms with Gasteiger partial charge in [0.25, 0.3) is 0 Å². The van der Waals surface area contributed by atoms with E-state index in [0.717, 1.165) is 4.90 Å². The summed E-state index contributed by atoms with van der Waals surface area (Å²) in [5.41, 5.74) is 0. The summed E-state index contributed by atoms with van der Waals surface area (Å²) in [6.07, 6.45) is 0.425. The Kier molecular flexibility index (Phi) is 8.23. The Bertz CT molecular complexity index is 480. The quantitative estimate of drug-likeness (QED) is 0.570. The van der Waals surface area contributed by atoms with Crippen LogP contribution in [0.15, 0.2) is 29.2 Å². The van der Waals surface area contributed by atoms with Crippen LogP contribution in [-0.2, 0) is 9.59 Å². The maximum Gasteiger partial charge on any atom is 0.222 e. The second-order valence-electron chi connectivity index (χ2n) is 4.82. The first-order valence-electron chi connectivity index (χ1n) is 6.92. The van der Waals surface area contributed by atoms with Gasteiger partial charge in [-0.1, -0.05) is 37.6 Å². The van der Waals surface area contributed by atoms with Crippen molar-refractivity contribution in [3.05, 3.63) is 29.3 Å². The van der Waals surface area contributed by atoms with Crippen LogP contribution in [0, 0.1) is 5.92 Å². The minimum Gasteiger partial charge on any atom is -0.354 e. The molecule has 0 radical (unpaired) electrons. The van der Waals surface area contributed by atoms with Crippen molar-refractivity contribution in [3.63, 3.8) is 0 Å². The number of halogens is 1. The fraction of sp³-hybridized carbons (Fsp3) is 0.467. The van der Waals surface area contributed by atoms with Crippen LogP contribution < -0.4 is 10.6 Å². The molecule has 0 saturated heterocycles. The molecule has 0 bridgehead atoms. The first-order valence-corrected chi connectivity index (χ1v) is 8.28. The van der Waals surface area contributed by atoms with Crippen LogP contribution in [0.1, 0.15) is 20.3 Å². The molecule has 0 aliphatic carbocycles. The van der Waals surface area contributed by atoms with E-state index in [0.29, 0.717) is 30.3 Å². The Labute approximate surface area is 135 Å². The standard InChI is InChI=1S/C15H21ClN2O2S/c1-11(2)15(20)18-9-8-17-14(19)7-10-21-13-6-4-3-5-12(13)16/h3-6,11H,7-10H2,1-2H3,(H,17,19)(H,18,20). The van der Waals surface area contributed by atoms with Crippen molar-refractivity contribution in [1.29, 1.82) is 0 Å². The van der Waals surface area contributed by atoms with Crippen LogP contribution in [0.3, 0.4) is 0 Å². The molecule has 2 N–H and O–H groups in total. The van der Waals surface area contributed by atoms with E-state index in [1.165, 1.54) is 0 Å². The molecule has 4 nitrogen and oxygen atoms in total. The fourth-order valence-corrected chi connectivity index (χ4v) is 2.68. The molecule has 0 atom stereocenters. The summed E-state index contributed by atoms with van der Waals surface area (Å²) >= 11 is 7.60. The highest BCUT2D eigenvalue weighted by atomic mass is 35.5. The lowest BCUT2D eigenvalue weighted by molar-refractivity contribution is -0.124.